The van der Waals surface area contributed by atoms with E-state index in [1.54, 1.807) is 24.3 Å². The lowest BCUT2D eigenvalue weighted by atomic mass is 10.2. The number of carbonyl (C=O) groups is 2. The Morgan fingerprint density at radius 2 is 1.54 bits per heavy atom. The first-order valence-electron chi connectivity index (χ1n) is 8.28. The van der Waals surface area contributed by atoms with Crippen molar-refractivity contribution in [1.82, 2.24) is 5.32 Å². The number of ether oxygens (including phenoxy) is 1. The summed E-state index contributed by atoms with van der Waals surface area (Å²) in [4.78, 5) is 23.4. The van der Waals surface area contributed by atoms with Gasteiger partial charge in [-0.25, -0.2) is 9.18 Å². The fourth-order valence-electron chi connectivity index (χ4n) is 1.96. The second-order valence-corrected chi connectivity index (χ2v) is 5.90. The van der Waals surface area contributed by atoms with E-state index in [0.29, 0.717) is 23.7 Å². The van der Waals surface area contributed by atoms with Gasteiger partial charge in [0.25, 0.3) is 0 Å². The van der Waals surface area contributed by atoms with E-state index in [2.05, 4.69) is 16.0 Å². The average molecular weight is 359 g/mol. The monoisotopic (exact) mass is 359 g/mol. The van der Waals surface area contributed by atoms with Gasteiger partial charge in [0, 0.05) is 17.3 Å². The zero-order valence-corrected chi connectivity index (χ0v) is 14.7. The highest BCUT2D eigenvalue weighted by Crippen LogP contribution is 2.14. The molecule has 138 valence electrons. The standard InChI is InChI=1S/C19H22FN3O3/c1-13(2)18(24)22-15-5-7-16(8-6-15)23-19(25)21-11-12-26-17-9-3-14(20)4-10-17/h3-10,13H,11-12H2,1-2H3,(H,22,24)(H2,21,23,25). The lowest BCUT2D eigenvalue weighted by Gasteiger charge is -2.10. The van der Waals surface area contributed by atoms with E-state index in [1.807, 2.05) is 13.8 Å². The normalized spacial score (nSPS) is 10.3. The lowest BCUT2D eigenvalue weighted by Crippen LogP contribution is -2.32. The third kappa shape index (κ3) is 6.43. The second kappa shape index (κ2) is 9.41. The summed E-state index contributed by atoms with van der Waals surface area (Å²) in [6.45, 7) is 4.19. The molecule has 2 aromatic carbocycles. The van der Waals surface area contributed by atoms with Gasteiger partial charge >= 0.3 is 6.03 Å². The van der Waals surface area contributed by atoms with E-state index in [9.17, 15) is 14.0 Å². The average Bonchev–Trinajstić information content (AvgIpc) is 2.62. The van der Waals surface area contributed by atoms with Gasteiger partial charge in [-0.1, -0.05) is 13.8 Å². The fraction of sp³-hybridized carbons (Fsp3) is 0.263. The Hall–Kier alpha value is -3.09. The van der Waals surface area contributed by atoms with Crippen molar-refractivity contribution in [3.05, 3.63) is 54.3 Å². The molecule has 2 rings (SSSR count). The van der Waals surface area contributed by atoms with Crippen LogP contribution in [0.15, 0.2) is 48.5 Å². The minimum absolute atomic E-state index is 0.0652. The van der Waals surface area contributed by atoms with Crippen LogP contribution in [0, 0.1) is 11.7 Å². The molecule has 0 aliphatic heterocycles. The van der Waals surface area contributed by atoms with E-state index in [4.69, 9.17) is 4.74 Å². The van der Waals surface area contributed by atoms with Crippen LogP contribution in [-0.2, 0) is 4.79 Å². The zero-order valence-electron chi connectivity index (χ0n) is 14.7. The van der Waals surface area contributed by atoms with Gasteiger partial charge in [-0.3, -0.25) is 4.79 Å². The number of hydrogen-bond donors (Lipinski definition) is 3. The Morgan fingerprint density at radius 3 is 2.12 bits per heavy atom. The van der Waals surface area contributed by atoms with E-state index in [0.717, 1.165) is 0 Å². The summed E-state index contributed by atoms with van der Waals surface area (Å²) in [5.41, 5.74) is 1.27. The highest BCUT2D eigenvalue weighted by molar-refractivity contribution is 5.93. The molecule has 3 N–H and O–H groups in total. The number of benzene rings is 2. The molecule has 0 aliphatic rings. The highest BCUT2D eigenvalue weighted by atomic mass is 19.1. The third-order valence-corrected chi connectivity index (χ3v) is 3.40. The molecule has 26 heavy (non-hydrogen) atoms. The number of urea groups is 1. The van der Waals surface area contributed by atoms with Crippen LogP contribution in [0.1, 0.15) is 13.8 Å². The first-order chi connectivity index (χ1) is 12.4. The fourth-order valence-corrected chi connectivity index (χ4v) is 1.96. The van der Waals surface area contributed by atoms with Crippen LogP contribution in [0.25, 0.3) is 0 Å². The Morgan fingerprint density at radius 1 is 0.962 bits per heavy atom. The Kier molecular flexibility index (Phi) is 6.96. The molecule has 3 amide bonds. The van der Waals surface area contributed by atoms with Gasteiger partial charge in [0.15, 0.2) is 0 Å². The maximum atomic E-state index is 12.8. The van der Waals surface area contributed by atoms with E-state index in [1.165, 1.54) is 24.3 Å². The molecule has 0 spiro atoms. The van der Waals surface area contributed by atoms with Gasteiger partial charge in [0.2, 0.25) is 5.91 Å². The van der Waals surface area contributed by atoms with E-state index >= 15 is 0 Å². The maximum absolute atomic E-state index is 12.8. The van der Waals surface area contributed by atoms with Crippen LogP contribution in [-0.4, -0.2) is 25.1 Å². The molecule has 0 unspecified atom stereocenters. The molecule has 0 aliphatic carbocycles. The second-order valence-electron chi connectivity index (χ2n) is 5.90. The van der Waals surface area contributed by atoms with Gasteiger partial charge in [-0.2, -0.15) is 0 Å². The molecule has 0 atom stereocenters. The summed E-state index contributed by atoms with van der Waals surface area (Å²) in [7, 11) is 0. The lowest BCUT2D eigenvalue weighted by molar-refractivity contribution is -0.118. The minimum Gasteiger partial charge on any atom is -0.492 e. The maximum Gasteiger partial charge on any atom is 0.319 e. The van der Waals surface area contributed by atoms with Crippen molar-refractivity contribution in [1.29, 1.82) is 0 Å². The largest absolute Gasteiger partial charge is 0.492 e. The summed E-state index contributed by atoms with van der Waals surface area (Å²) in [5.74, 6) is 0.0394. The van der Waals surface area contributed by atoms with Crippen LogP contribution < -0.4 is 20.7 Å². The molecule has 0 fully saturated rings. The molecule has 0 saturated heterocycles. The number of nitrogens with one attached hydrogen (secondary N) is 3. The van der Waals surface area contributed by atoms with Gasteiger partial charge < -0.3 is 20.7 Å². The van der Waals surface area contributed by atoms with Gasteiger partial charge in [-0.15, -0.1) is 0 Å². The molecule has 0 bridgehead atoms. The van der Waals surface area contributed by atoms with Crippen molar-refractivity contribution >= 4 is 23.3 Å². The molecule has 6 nitrogen and oxygen atoms in total. The molecular weight excluding hydrogens is 337 g/mol. The topological polar surface area (TPSA) is 79.5 Å². The summed E-state index contributed by atoms with van der Waals surface area (Å²) < 4.78 is 18.2. The highest BCUT2D eigenvalue weighted by Gasteiger charge is 2.07. The number of rotatable bonds is 7. The van der Waals surface area contributed by atoms with E-state index in [-0.39, 0.29) is 30.3 Å². The predicted molar refractivity (Wildman–Crippen MR) is 98.8 cm³/mol. The molecule has 0 saturated carbocycles. The molecular formula is C19H22FN3O3. The predicted octanol–water partition coefficient (Wildman–Crippen LogP) is 3.62. The first kappa shape index (κ1) is 19.2. The van der Waals surface area contributed by atoms with Crippen molar-refractivity contribution in [2.45, 2.75) is 13.8 Å². The Balaban J connectivity index is 1.70. The molecule has 0 aromatic heterocycles. The van der Waals surface area contributed by atoms with Crippen LogP contribution in [0.3, 0.4) is 0 Å². The minimum atomic E-state index is -0.369. The van der Waals surface area contributed by atoms with Gasteiger partial charge in [-0.05, 0) is 48.5 Å². The van der Waals surface area contributed by atoms with Crippen LogP contribution in [0.2, 0.25) is 0 Å². The number of hydrogen-bond acceptors (Lipinski definition) is 3. The van der Waals surface area contributed by atoms with E-state index < -0.39 is 0 Å². The van der Waals surface area contributed by atoms with Crippen LogP contribution in [0.5, 0.6) is 5.75 Å². The van der Waals surface area contributed by atoms with Crippen molar-refractivity contribution in [3.63, 3.8) is 0 Å². The quantitative estimate of drug-likeness (QED) is 0.661. The summed E-state index contributed by atoms with van der Waals surface area (Å²) in [5, 5.41) is 8.11. The van der Waals surface area contributed by atoms with Crippen molar-refractivity contribution in [3.8, 4) is 5.75 Å². The van der Waals surface area contributed by atoms with Crippen LogP contribution in [0.4, 0.5) is 20.6 Å². The molecule has 0 radical (unpaired) electrons. The molecule has 0 heterocycles. The van der Waals surface area contributed by atoms with Crippen molar-refractivity contribution in [2.75, 3.05) is 23.8 Å². The molecule has 7 heteroatoms. The summed E-state index contributed by atoms with van der Waals surface area (Å²) in [6, 6.07) is 12.1. The number of carbonyl (C=O) groups excluding carboxylic acids is 2. The van der Waals surface area contributed by atoms with Crippen molar-refractivity contribution in [2.24, 2.45) is 5.92 Å². The zero-order chi connectivity index (χ0) is 18.9. The number of halogens is 1. The molecule has 2 aromatic rings. The Labute approximate surface area is 151 Å². The third-order valence-electron chi connectivity index (χ3n) is 3.40. The van der Waals surface area contributed by atoms with Crippen LogP contribution >= 0.6 is 0 Å². The smallest absolute Gasteiger partial charge is 0.319 e. The number of amides is 3. The first-order valence-corrected chi connectivity index (χ1v) is 8.28. The number of anilines is 2. The Bertz CT molecular complexity index is 731. The summed E-state index contributed by atoms with van der Waals surface area (Å²) in [6.07, 6.45) is 0. The van der Waals surface area contributed by atoms with Gasteiger partial charge in [0.05, 0.1) is 6.54 Å². The SMILES string of the molecule is CC(C)C(=O)Nc1ccc(NC(=O)NCCOc2ccc(F)cc2)cc1. The van der Waals surface area contributed by atoms with Crippen molar-refractivity contribution < 1.29 is 18.7 Å². The summed E-state index contributed by atoms with van der Waals surface area (Å²) >= 11 is 0. The van der Waals surface area contributed by atoms with Gasteiger partial charge in [0.1, 0.15) is 18.2 Å².